The molecule has 2 unspecified atom stereocenters. The minimum Gasteiger partial charge on any atom is -0.407 e. The van der Waals surface area contributed by atoms with E-state index in [-0.39, 0.29) is 35.4 Å². The van der Waals surface area contributed by atoms with Crippen molar-refractivity contribution in [1.29, 1.82) is 0 Å². The molecule has 37 heavy (non-hydrogen) atoms. The fourth-order valence-electron chi connectivity index (χ4n) is 8.97. The van der Waals surface area contributed by atoms with Gasteiger partial charge in [-0.3, -0.25) is 4.79 Å². The second kappa shape index (κ2) is 10.1. The van der Waals surface area contributed by atoms with Crippen molar-refractivity contribution in [3.8, 4) is 0 Å². The molecule has 200 valence electrons. The Balaban J connectivity index is 1.68. The van der Waals surface area contributed by atoms with Crippen LogP contribution in [0.1, 0.15) is 73.1 Å². The molecule has 3 aliphatic rings. The number of hydrogen-bond acceptors (Lipinski definition) is 3. The molecule has 3 saturated carbocycles. The van der Waals surface area contributed by atoms with Crippen LogP contribution >= 0.6 is 0 Å². The zero-order valence-electron chi connectivity index (χ0n) is 23.5. The van der Waals surface area contributed by atoms with E-state index in [9.17, 15) is 9.90 Å². The van der Waals surface area contributed by atoms with E-state index in [4.69, 9.17) is 4.43 Å². The standard InChI is InChI=1S/C33H46O3Si/c1-6-31(4)21-28(36-37(26-13-9-7-10-14-26)27-15-11-8-12-16-27)32(5)23(2)17-19-33(24(3)30(31)35)20-18-25(22-34)29(32)33/h7-16,23-25,28-29,34,37H,6,17-22H2,1-5H3/t23-,24+,25?,28-,29?,31-,32+,33+/m1/s1. The van der Waals surface area contributed by atoms with E-state index in [1.807, 2.05) is 0 Å². The van der Waals surface area contributed by atoms with Crippen molar-refractivity contribution >= 4 is 25.2 Å². The van der Waals surface area contributed by atoms with Crippen LogP contribution in [0, 0.1) is 39.9 Å². The highest BCUT2D eigenvalue weighted by molar-refractivity contribution is 6.80. The van der Waals surface area contributed by atoms with Crippen molar-refractivity contribution < 1.29 is 14.3 Å². The van der Waals surface area contributed by atoms with Gasteiger partial charge in [-0.05, 0) is 77.5 Å². The number of benzene rings is 2. The van der Waals surface area contributed by atoms with Crippen LogP contribution in [0.15, 0.2) is 60.7 Å². The first-order chi connectivity index (χ1) is 17.7. The summed E-state index contributed by atoms with van der Waals surface area (Å²) < 4.78 is 7.54. The number of ketones is 1. The molecular formula is C33H46O3Si. The molecule has 0 saturated heterocycles. The van der Waals surface area contributed by atoms with Crippen LogP contribution in [0.5, 0.6) is 0 Å². The number of Topliss-reactive ketones (excluding diaryl/α,β-unsaturated/α-hetero) is 1. The van der Waals surface area contributed by atoms with Crippen molar-refractivity contribution in [2.45, 2.75) is 79.2 Å². The van der Waals surface area contributed by atoms with E-state index < -0.39 is 14.5 Å². The van der Waals surface area contributed by atoms with Crippen molar-refractivity contribution in [2.24, 2.45) is 39.9 Å². The maximum Gasteiger partial charge on any atom is 0.240 e. The minimum absolute atomic E-state index is 0.0270. The van der Waals surface area contributed by atoms with Gasteiger partial charge in [0.25, 0.3) is 0 Å². The first kappa shape index (κ1) is 26.8. The second-order valence-corrected chi connectivity index (χ2v) is 15.4. The van der Waals surface area contributed by atoms with Gasteiger partial charge in [-0.2, -0.15) is 0 Å². The lowest BCUT2D eigenvalue weighted by atomic mass is 9.43. The van der Waals surface area contributed by atoms with Crippen LogP contribution in [0.25, 0.3) is 0 Å². The summed E-state index contributed by atoms with van der Waals surface area (Å²) in [5, 5.41) is 13.2. The number of carbonyl (C=O) groups excluding carboxylic acids is 1. The molecule has 0 spiro atoms. The van der Waals surface area contributed by atoms with E-state index in [2.05, 4.69) is 95.3 Å². The van der Waals surface area contributed by atoms with Gasteiger partial charge in [0.2, 0.25) is 9.04 Å². The zero-order valence-corrected chi connectivity index (χ0v) is 24.6. The quantitative estimate of drug-likeness (QED) is 0.523. The zero-order chi connectivity index (χ0) is 26.4. The van der Waals surface area contributed by atoms with Gasteiger partial charge in [0, 0.05) is 17.9 Å². The van der Waals surface area contributed by atoms with E-state index >= 15 is 0 Å². The molecule has 2 aromatic carbocycles. The van der Waals surface area contributed by atoms with Gasteiger partial charge in [-0.25, -0.2) is 0 Å². The Morgan fingerprint density at radius 1 is 0.946 bits per heavy atom. The smallest absolute Gasteiger partial charge is 0.240 e. The molecule has 0 amide bonds. The fourth-order valence-corrected chi connectivity index (χ4v) is 11.5. The monoisotopic (exact) mass is 518 g/mol. The summed E-state index contributed by atoms with van der Waals surface area (Å²) in [4.78, 5) is 14.3. The van der Waals surface area contributed by atoms with Crippen molar-refractivity contribution in [1.82, 2.24) is 0 Å². The molecule has 1 N–H and O–H groups in total. The molecule has 8 atom stereocenters. The van der Waals surface area contributed by atoms with Crippen molar-refractivity contribution in [3.05, 3.63) is 60.7 Å². The van der Waals surface area contributed by atoms with Crippen molar-refractivity contribution in [2.75, 3.05) is 6.61 Å². The highest BCUT2D eigenvalue weighted by Crippen LogP contribution is 2.69. The van der Waals surface area contributed by atoms with Crippen LogP contribution in [0.3, 0.4) is 0 Å². The van der Waals surface area contributed by atoms with Gasteiger partial charge < -0.3 is 9.53 Å². The summed E-state index contributed by atoms with van der Waals surface area (Å²) in [6.07, 6.45) is 5.89. The van der Waals surface area contributed by atoms with E-state index in [1.165, 1.54) is 10.4 Å². The number of rotatable bonds is 6. The molecule has 2 aromatic rings. The SMILES string of the molecule is CC[C@]1(C)C[C@@H](O[SiH](c2ccccc2)c2ccccc2)[C@@]2(C)C3C(CO)CC[C@@]3(CC[C@H]2C)[C@@H](C)C1=O. The molecule has 3 aliphatic carbocycles. The lowest BCUT2D eigenvalue weighted by Gasteiger charge is -2.63. The fraction of sp³-hybridized carbons (Fsp3) is 0.606. The van der Waals surface area contributed by atoms with E-state index in [0.29, 0.717) is 17.6 Å². The average molecular weight is 519 g/mol. The molecule has 4 heteroatoms. The Morgan fingerprint density at radius 2 is 1.51 bits per heavy atom. The summed E-state index contributed by atoms with van der Waals surface area (Å²) >= 11 is 0. The predicted octanol–water partition coefficient (Wildman–Crippen LogP) is 5.38. The van der Waals surface area contributed by atoms with Crippen molar-refractivity contribution in [3.63, 3.8) is 0 Å². The maximum absolute atomic E-state index is 14.3. The third-order valence-corrected chi connectivity index (χ3v) is 14.1. The largest absolute Gasteiger partial charge is 0.407 e. The summed E-state index contributed by atoms with van der Waals surface area (Å²) in [5.74, 6) is 1.49. The first-order valence-corrected chi connectivity index (χ1v) is 16.2. The van der Waals surface area contributed by atoms with Crippen LogP contribution in [0.2, 0.25) is 0 Å². The molecular weight excluding hydrogens is 472 g/mol. The Hall–Kier alpha value is -1.75. The van der Waals surface area contributed by atoms with E-state index in [0.717, 1.165) is 38.5 Å². The Morgan fingerprint density at radius 3 is 2.05 bits per heavy atom. The lowest BCUT2D eigenvalue weighted by molar-refractivity contribution is -0.180. The first-order valence-electron chi connectivity index (χ1n) is 14.6. The third-order valence-electron chi connectivity index (χ3n) is 11.5. The molecule has 0 aliphatic heterocycles. The Bertz CT molecular complexity index is 1050. The number of aliphatic hydroxyl groups excluding tert-OH is 1. The van der Waals surface area contributed by atoms with Gasteiger partial charge in [0.15, 0.2) is 0 Å². The molecule has 0 aromatic heterocycles. The lowest BCUT2D eigenvalue weighted by Crippen LogP contribution is -2.64. The maximum atomic E-state index is 14.3. The highest BCUT2D eigenvalue weighted by atomic mass is 28.3. The van der Waals surface area contributed by atoms with Gasteiger partial charge in [0.1, 0.15) is 5.78 Å². The Kier molecular flexibility index (Phi) is 7.32. The Labute approximate surface area is 225 Å². The number of carbonyl (C=O) groups is 1. The van der Waals surface area contributed by atoms with Gasteiger partial charge in [-0.15, -0.1) is 0 Å². The molecule has 0 radical (unpaired) electrons. The number of aliphatic hydroxyl groups is 1. The second-order valence-electron chi connectivity index (χ2n) is 13.0. The molecule has 3 nitrogen and oxygen atoms in total. The van der Waals surface area contributed by atoms with Gasteiger partial charge in [0.05, 0.1) is 6.10 Å². The summed E-state index contributed by atoms with van der Waals surface area (Å²) in [6, 6.07) is 21.5. The summed E-state index contributed by atoms with van der Waals surface area (Å²) in [6.45, 7) is 11.7. The molecule has 5 rings (SSSR count). The predicted molar refractivity (Wildman–Crippen MR) is 154 cm³/mol. The molecule has 3 fully saturated rings. The third kappa shape index (κ3) is 4.18. The highest BCUT2D eigenvalue weighted by Gasteiger charge is 2.67. The summed E-state index contributed by atoms with van der Waals surface area (Å²) in [7, 11) is -2.03. The van der Waals surface area contributed by atoms with Gasteiger partial charge in [-0.1, -0.05) is 95.3 Å². The average Bonchev–Trinajstić information content (AvgIpc) is 3.33. The topological polar surface area (TPSA) is 46.5 Å². The summed E-state index contributed by atoms with van der Waals surface area (Å²) in [5.41, 5.74) is -0.521. The van der Waals surface area contributed by atoms with Gasteiger partial charge >= 0.3 is 0 Å². The molecule has 0 heterocycles. The molecule has 2 bridgehead atoms. The van der Waals surface area contributed by atoms with Crippen LogP contribution < -0.4 is 10.4 Å². The normalized spacial score (nSPS) is 39.8. The van der Waals surface area contributed by atoms with Crippen LogP contribution in [0.4, 0.5) is 0 Å². The minimum atomic E-state index is -2.03. The van der Waals surface area contributed by atoms with Crippen LogP contribution in [-0.2, 0) is 9.22 Å². The van der Waals surface area contributed by atoms with E-state index in [1.54, 1.807) is 0 Å². The number of hydrogen-bond donors (Lipinski definition) is 1. The van der Waals surface area contributed by atoms with Crippen LogP contribution in [-0.4, -0.2) is 32.6 Å².